The first-order chi connectivity index (χ1) is 6.07. The summed E-state index contributed by atoms with van der Waals surface area (Å²) in [6.45, 7) is 7.29. The summed E-state index contributed by atoms with van der Waals surface area (Å²) < 4.78 is 0. The highest BCUT2D eigenvalue weighted by molar-refractivity contribution is 5.79. The Labute approximate surface area is 80.0 Å². The van der Waals surface area contributed by atoms with Gasteiger partial charge in [0.1, 0.15) is 0 Å². The lowest BCUT2D eigenvalue weighted by molar-refractivity contribution is 0.140. The van der Waals surface area contributed by atoms with Gasteiger partial charge in [0, 0.05) is 12.6 Å². The summed E-state index contributed by atoms with van der Waals surface area (Å²) in [5.74, 6) is 6.02. The highest BCUT2D eigenvalue weighted by Gasteiger charge is 2.36. The van der Waals surface area contributed by atoms with Gasteiger partial charge in [-0.2, -0.15) is 0 Å². The summed E-state index contributed by atoms with van der Waals surface area (Å²) in [6.07, 6.45) is 2.38. The maximum atomic E-state index is 5.31. The molecule has 0 atom stereocenters. The van der Waals surface area contributed by atoms with E-state index in [-0.39, 0.29) is 0 Å². The van der Waals surface area contributed by atoms with E-state index >= 15 is 0 Å². The number of rotatable bonds is 2. The Morgan fingerprint density at radius 1 is 1.54 bits per heavy atom. The molecular formula is C9H20N4. The average Bonchev–Trinajstić information content (AvgIpc) is 2.00. The van der Waals surface area contributed by atoms with E-state index in [0.29, 0.717) is 17.4 Å². The summed E-state index contributed by atoms with van der Waals surface area (Å²) in [4.78, 5) is 4.18. The molecule has 4 N–H and O–H groups in total. The van der Waals surface area contributed by atoms with Crippen molar-refractivity contribution in [2.24, 2.45) is 16.3 Å². The molecule has 0 radical (unpaired) electrons. The van der Waals surface area contributed by atoms with Gasteiger partial charge in [-0.25, -0.2) is 5.84 Å². The van der Waals surface area contributed by atoms with Gasteiger partial charge < -0.3 is 5.32 Å². The minimum Gasteiger partial charge on any atom is -0.353 e. The third kappa shape index (κ3) is 2.88. The van der Waals surface area contributed by atoms with Crippen LogP contribution in [0, 0.1) is 5.41 Å². The first-order valence-electron chi connectivity index (χ1n) is 4.85. The van der Waals surface area contributed by atoms with Crippen molar-refractivity contribution in [3.8, 4) is 0 Å². The van der Waals surface area contributed by atoms with Crippen LogP contribution in [-0.4, -0.2) is 18.5 Å². The van der Waals surface area contributed by atoms with E-state index in [1.807, 2.05) is 6.92 Å². The fourth-order valence-corrected chi connectivity index (χ4v) is 1.86. The van der Waals surface area contributed by atoms with Crippen molar-refractivity contribution in [1.82, 2.24) is 10.7 Å². The summed E-state index contributed by atoms with van der Waals surface area (Å²) in [5.41, 5.74) is 3.06. The molecular weight excluding hydrogens is 164 g/mol. The quantitative estimate of drug-likeness (QED) is 0.255. The topological polar surface area (TPSA) is 62.4 Å². The number of nitrogens with two attached hydrogens (primary N) is 1. The molecule has 1 aliphatic rings. The van der Waals surface area contributed by atoms with E-state index in [0.717, 1.165) is 6.54 Å². The minimum atomic E-state index is 0.490. The molecule has 1 fully saturated rings. The monoisotopic (exact) mass is 184 g/mol. The fourth-order valence-electron chi connectivity index (χ4n) is 1.86. The Morgan fingerprint density at radius 3 is 2.54 bits per heavy atom. The van der Waals surface area contributed by atoms with Gasteiger partial charge in [-0.1, -0.05) is 13.8 Å². The van der Waals surface area contributed by atoms with Gasteiger partial charge in [0.25, 0.3) is 0 Å². The van der Waals surface area contributed by atoms with Crippen molar-refractivity contribution in [3.05, 3.63) is 0 Å². The molecule has 4 nitrogen and oxygen atoms in total. The van der Waals surface area contributed by atoms with E-state index in [1.54, 1.807) is 0 Å². The molecule has 0 amide bonds. The molecule has 0 saturated heterocycles. The van der Waals surface area contributed by atoms with E-state index in [1.165, 1.54) is 12.8 Å². The van der Waals surface area contributed by atoms with Crippen LogP contribution >= 0.6 is 0 Å². The van der Waals surface area contributed by atoms with Gasteiger partial charge in [-0.05, 0) is 25.2 Å². The predicted octanol–water partition coefficient (Wildman–Crippen LogP) is 0.604. The minimum absolute atomic E-state index is 0.490. The van der Waals surface area contributed by atoms with Gasteiger partial charge in [0.2, 0.25) is 5.96 Å². The Kier molecular flexibility index (Phi) is 3.14. The van der Waals surface area contributed by atoms with Crippen LogP contribution in [0.5, 0.6) is 0 Å². The van der Waals surface area contributed by atoms with Crippen LogP contribution in [0.1, 0.15) is 33.6 Å². The van der Waals surface area contributed by atoms with E-state index in [2.05, 4.69) is 29.6 Å². The molecule has 0 aromatic carbocycles. The second kappa shape index (κ2) is 3.96. The molecule has 0 heterocycles. The number of hydrogen-bond donors (Lipinski definition) is 3. The van der Waals surface area contributed by atoms with E-state index in [4.69, 9.17) is 5.84 Å². The van der Waals surface area contributed by atoms with E-state index < -0.39 is 0 Å². The standard InChI is InChI=1S/C9H20N4/c1-4-11-8(13-10)12-7-5-9(2,3)6-7/h7H,4-6,10H2,1-3H3,(H2,11,12,13). The smallest absolute Gasteiger partial charge is 0.205 e. The summed E-state index contributed by atoms with van der Waals surface area (Å²) in [5, 5.41) is 3.27. The Balaban J connectivity index is 2.30. The molecule has 1 aliphatic carbocycles. The Morgan fingerprint density at radius 2 is 2.15 bits per heavy atom. The van der Waals surface area contributed by atoms with Crippen molar-refractivity contribution >= 4 is 5.96 Å². The highest BCUT2D eigenvalue weighted by Crippen LogP contribution is 2.39. The maximum Gasteiger partial charge on any atom is 0.205 e. The number of guanidine groups is 1. The van der Waals surface area contributed by atoms with Crippen LogP contribution in [0.3, 0.4) is 0 Å². The van der Waals surface area contributed by atoms with Gasteiger partial charge in [0.05, 0.1) is 0 Å². The van der Waals surface area contributed by atoms with Gasteiger partial charge in [0.15, 0.2) is 0 Å². The highest BCUT2D eigenvalue weighted by atomic mass is 15.3. The van der Waals surface area contributed by atoms with Crippen LogP contribution in [-0.2, 0) is 0 Å². The predicted molar refractivity (Wildman–Crippen MR) is 55.2 cm³/mol. The molecule has 76 valence electrons. The number of nitrogens with one attached hydrogen (secondary N) is 2. The SMILES string of the molecule is CCN=C(NN)NC1CC(C)(C)C1. The second-order valence-electron chi connectivity index (χ2n) is 4.38. The zero-order chi connectivity index (χ0) is 9.90. The van der Waals surface area contributed by atoms with Crippen LogP contribution in [0.2, 0.25) is 0 Å². The molecule has 1 rings (SSSR count). The van der Waals surface area contributed by atoms with Crippen molar-refractivity contribution in [3.63, 3.8) is 0 Å². The molecule has 1 saturated carbocycles. The molecule has 0 unspecified atom stereocenters. The van der Waals surface area contributed by atoms with Gasteiger partial charge in [-0.3, -0.25) is 10.4 Å². The van der Waals surface area contributed by atoms with Gasteiger partial charge in [-0.15, -0.1) is 0 Å². The van der Waals surface area contributed by atoms with Crippen molar-refractivity contribution < 1.29 is 0 Å². The summed E-state index contributed by atoms with van der Waals surface area (Å²) in [7, 11) is 0. The lowest BCUT2D eigenvalue weighted by Gasteiger charge is -2.43. The lowest BCUT2D eigenvalue weighted by atomic mass is 9.68. The summed E-state index contributed by atoms with van der Waals surface area (Å²) >= 11 is 0. The lowest BCUT2D eigenvalue weighted by Crippen LogP contribution is -2.53. The third-order valence-electron chi connectivity index (χ3n) is 2.39. The van der Waals surface area contributed by atoms with Gasteiger partial charge >= 0.3 is 0 Å². The third-order valence-corrected chi connectivity index (χ3v) is 2.39. The fraction of sp³-hybridized carbons (Fsp3) is 0.889. The molecule has 0 aliphatic heterocycles. The largest absolute Gasteiger partial charge is 0.353 e. The van der Waals surface area contributed by atoms with E-state index in [9.17, 15) is 0 Å². The second-order valence-corrected chi connectivity index (χ2v) is 4.38. The molecule has 0 aromatic heterocycles. The Bertz CT molecular complexity index is 190. The number of aliphatic imine (C=N–C) groups is 1. The maximum absolute atomic E-state index is 5.31. The average molecular weight is 184 g/mol. The number of hydrazine groups is 1. The van der Waals surface area contributed by atoms with Crippen molar-refractivity contribution in [2.75, 3.05) is 6.54 Å². The molecule has 4 heteroatoms. The summed E-state index contributed by atoms with van der Waals surface area (Å²) in [6, 6.07) is 0.538. The molecule has 0 aromatic rings. The molecule has 13 heavy (non-hydrogen) atoms. The van der Waals surface area contributed by atoms with Crippen LogP contribution < -0.4 is 16.6 Å². The van der Waals surface area contributed by atoms with Crippen LogP contribution in [0.25, 0.3) is 0 Å². The van der Waals surface area contributed by atoms with Crippen molar-refractivity contribution in [1.29, 1.82) is 0 Å². The zero-order valence-electron chi connectivity index (χ0n) is 8.72. The van der Waals surface area contributed by atoms with Crippen LogP contribution in [0.4, 0.5) is 0 Å². The first-order valence-corrected chi connectivity index (χ1v) is 4.85. The zero-order valence-corrected chi connectivity index (χ0v) is 8.72. The molecule has 0 bridgehead atoms. The normalized spacial score (nSPS) is 22.3. The molecule has 0 spiro atoms. The number of nitrogens with zero attached hydrogens (tertiary/aromatic N) is 1. The Hall–Kier alpha value is -0.770. The first kappa shape index (κ1) is 10.3. The van der Waals surface area contributed by atoms with Crippen LogP contribution in [0.15, 0.2) is 4.99 Å². The van der Waals surface area contributed by atoms with Crippen molar-refractivity contribution in [2.45, 2.75) is 39.7 Å². The number of hydrogen-bond acceptors (Lipinski definition) is 2.